The molecule has 1 aliphatic rings. The topological polar surface area (TPSA) is 51.0 Å². The standard InChI is InChI=1S/C23H28N2O2/c1-16(2)21-14-9-17(3)15-22(21)27-23(26)18-10-12-20(13-11-18)25-24-19-7-5-4-6-8-19/h4-8,10-13,16-17,21-22H,9,14-15H2,1-3H3. The van der Waals surface area contributed by atoms with Crippen LogP contribution >= 0.6 is 0 Å². The predicted octanol–water partition coefficient (Wildman–Crippen LogP) is 6.72. The van der Waals surface area contributed by atoms with Gasteiger partial charge in [-0.25, -0.2) is 4.79 Å². The van der Waals surface area contributed by atoms with Gasteiger partial charge in [-0.05, 0) is 67.0 Å². The summed E-state index contributed by atoms with van der Waals surface area (Å²) >= 11 is 0. The molecule has 0 bridgehead atoms. The van der Waals surface area contributed by atoms with Crippen LogP contribution in [0.3, 0.4) is 0 Å². The maximum atomic E-state index is 12.6. The van der Waals surface area contributed by atoms with Crippen molar-refractivity contribution in [2.24, 2.45) is 28.0 Å². The quantitative estimate of drug-likeness (QED) is 0.437. The zero-order chi connectivity index (χ0) is 19.2. The van der Waals surface area contributed by atoms with Gasteiger partial charge in [0.15, 0.2) is 0 Å². The van der Waals surface area contributed by atoms with E-state index < -0.39 is 0 Å². The number of carbonyl (C=O) groups excluding carboxylic acids is 1. The number of carbonyl (C=O) groups is 1. The Morgan fingerprint density at radius 3 is 2.22 bits per heavy atom. The van der Waals surface area contributed by atoms with Crippen LogP contribution in [0.15, 0.2) is 64.8 Å². The molecule has 142 valence electrons. The minimum absolute atomic E-state index is 0.0127. The summed E-state index contributed by atoms with van der Waals surface area (Å²) in [5, 5.41) is 8.40. The van der Waals surface area contributed by atoms with Crippen molar-refractivity contribution in [2.45, 2.75) is 46.1 Å². The Morgan fingerprint density at radius 1 is 0.963 bits per heavy atom. The van der Waals surface area contributed by atoms with Crippen LogP contribution < -0.4 is 0 Å². The van der Waals surface area contributed by atoms with Crippen LogP contribution in [0.2, 0.25) is 0 Å². The van der Waals surface area contributed by atoms with E-state index in [4.69, 9.17) is 4.74 Å². The normalized spacial score (nSPS) is 22.9. The van der Waals surface area contributed by atoms with Crippen LogP contribution in [0.25, 0.3) is 0 Å². The second-order valence-corrected chi connectivity index (χ2v) is 7.85. The van der Waals surface area contributed by atoms with E-state index in [0.29, 0.717) is 29.0 Å². The molecule has 4 nitrogen and oxygen atoms in total. The number of rotatable bonds is 5. The van der Waals surface area contributed by atoms with E-state index in [2.05, 4.69) is 31.0 Å². The van der Waals surface area contributed by atoms with Crippen molar-refractivity contribution in [1.82, 2.24) is 0 Å². The number of benzene rings is 2. The van der Waals surface area contributed by atoms with Crippen molar-refractivity contribution in [2.75, 3.05) is 0 Å². The van der Waals surface area contributed by atoms with Gasteiger partial charge in [0, 0.05) is 0 Å². The molecule has 3 rings (SSSR count). The summed E-state index contributed by atoms with van der Waals surface area (Å²) in [6.45, 7) is 6.67. The van der Waals surface area contributed by atoms with Crippen molar-refractivity contribution < 1.29 is 9.53 Å². The van der Waals surface area contributed by atoms with Crippen LogP contribution in [0.4, 0.5) is 11.4 Å². The maximum Gasteiger partial charge on any atom is 0.338 e. The molecule has 0 spiro atoms. The van der Waals surface area contributed by atoms with Gasteiger partial charge in [-0.1, -0.05) is 45.4 Å². The van der Waals surface area contributed by atoms with Crippen LogP contribution in [0, 0.1) is 17.8 Å². The molecule has 0 saturated heterocycles. The minimum atomic E-state index is -0.244. The molecular formula is C23H28N2O2. The number of nitrogens with zero attached hydrogens (tertiary/aromatic N) is 2. The fourth-order valence-corrected chi connectivity index (χ4v) is 3.73. The van der Waals surface area contributed by atoms with Gasteiger partial charge in [0.05, 0.1) is 16.9 Å². The van der Waals surface area contributed by atoms with Crippen molar-refractivity contribution in [3.63, 3.8) is 0 Å². The average Bonchev–Trinajstić information content (AvgIpc) is 2.67. The smallest absolute Gasteiger partial charge is 0.338 e. The number of azo groups is 1. The predicted molar refractivity (Wildman–Crippen MR) is 108 cm³/mol. The number of hydrogen-bond donors (Lipinski definition) is 0. The van der Waals surface area contributed by atoms with Crippen LogP contribution in [0.1, 0.15) is 50.4 Å². The second kappa shape index (κ2) is 8.94. The first-order valence-electron chi connectivity index (χ1n) is 9.80. The SMILES string of the molecule is CC1CCC(C(C)C)C(OC(=O)c2ccc(N=Nc3ccccc3)cc2)C1. The lowest BCUT2D eigenvalue weighted by Gasteiger charge is -2.36. The zero-order valence-electron chi connectivity index (χ0n) is 16.3. The second-order valence-electron chi connectivity index (χ2n) is 7.85. The Balaban J connectivity index is 1.64. The highest BCUT2D eigenvalue weighted by Gasteiger charge is 2.33. The molecule has 0 radical (unpaired) electrons. The van der Waals surface area contributed by atoms with Gasteiger partial charge in [-0.3, -0.25) is 0 Å². The van der Waals surface area contributed by atoms with Gasteiger partial charge < -0.3 is 4.74 Å². The summed E-state index contributed by atoms with van der Waals surface area (Å²) in [6, 6.07) is 16.7. The molecule has 2 aromatic rings. The molecule has 1 fully saturated rings. The monoisotopic (exact) mass is 364 g/mol. The molecule has 3 unspecified atom stereocenters. The molecule has 0 amide bonds. The van der Waals surface area contributed by atoms with Gasteiger partial charge >= 0.3 is 5.97 Å². The lowest BCUT2D eigenvalue weighted by molar-refractivity contribution is -0.0174. The molecule has 0 heterocycles. The third kappa shape index (κ3) is 5.25. The Bertz CT molecular complexity index is 769. The molecule has 1 aliphatic carbocycles. The van der Waals surface area contributed by atoms with Gasteiger partial charge in [0.1, 0.15) is 6.10 Å². The number of esters is 1. The van der Waals surface area contributed by atoms with E-state index in [1.54, 1.807) is 24.3 Å². The Morgan fingerprint density at radius 2 is 1.59 bits per heavy atom. The third-order valence-electron chi connectivity index (χ3n) is 5.36. The van der Waals surface area contributed by atoms with Crippen LogP contribution in [-0.4, -0.2) is 12.1 Å². The molecule has 4 heteroatoms. The van der Waals surface area contributed by atoms with Crippen molar-refractivity contribution in [1.29, 1.82) is 0 Å². The highest BCUT2D eigenvalue weighted by molar-refractivity contribution is 5.89. The summed E-state index contributed by atoms with van der Waals surface area (Å²) in [5.74, 6) is 1.34. The molecule has 1 saturated carbocycles. The molecular weight excluding hydrogens is 336 g/mol. The number of hydrogen-bond acceptors (Lipinski definition) is 4. The van der Waals surface area contributed by atoms with Crippen molar-refractivity contribution >= 4 is 17.3 Å². The van der Waals surface area contributed by atoms with E-state index in [-0.39, 0.29) is 12.1 Å². The summed E-state index contributed by atoms with van der Waals surface area (Å²) in [7, 11) is 0. The molecule has 0 N–H and O–H groups in total. The molecule has 3 atom stereocenters. The summed E-state index contributed by atoms with van der Waals surface area (Å²) < 4.78 is 5.90. The van der Waals surface area contributed by atoms with Gasteiger partial charge in [-0.2, -0.15) is 10.2 Å². The van der Waals surface area contributed by atoms with E-state index in [1.807, 2.05) is 30.3 Å². The minimum Gasteiger partial charge on any atom is -0.458 e. The van der Waals surface area contributed by atoms with E-state index in [0.717, 1.165) is 18.5 Å². The lowest BCUT2D eigenvalue weighted by Crippen LogP contribution is -2.35. The summed E-state index contributed by atoms with van der Waals surface area (Å²) in [4.78, 5) is 12.6. The molecule has 0 aromatic heterocycles. The fraction of sp³-hybridized carbons (Fsp3) is 0.435. The number of ether oxygens (including phenoxy) is 1. The fourth-order valence-electron chi connectivity index (χ4n) is 3.73. The highest BCUT2D eigenvalue weighted by Crippen LogP contribution is 2.35. The first kappa shape index (κ1) is 19.3. The molecule has 0 aliphatic heterocycles. The van der Waals surface area contributed by atoms with Crippen LogP contribution in [0.5, 0.6) is 0 Å². The maximum absolute atomic E-state index is 12.6. The first-order chi connectivity index (χ1) is 13.0. The molecule has 27 heavy (non-hydrogen) atoms. The van der Waals surface area contributed by atoms with Crippen LogP contribution in [-0.2, 0) is 4.74 Å². The third-order valence-corrected chi connectivity index (χ3v) is 5.36. The molecule has 2 aromatic carbocycles. The first-order valence-corrected chi connectivity index (χ1v) is 9.80. The van der Waals surface area contributed by atoms with E-state index in [1.165, 1.54) is 6.42 Å². The zero-order valence-corrected chi connectivity index (χ0v) is 16.3. The summed E-state index contributed by atoms with van der Waals surface area (Å²) in [6.07, 6.45) is 3.32. The Hall–Kier alpha value is -2.49. The van der Waals surface area contributed by atoms with Gasteiger partial charge in [0.25, 0.3) is 0 Å². The van der Waals surface area contributed by atoms with Crippen molar-refractivity contribution in [3.05, 3.63) is 60.2 Å². The summed E-state index contributed by atoms with van der Waals surface area (Å²) in [5.41, 5.74) is 2.07. The highest BCUT2D eigenvalue weighted by atomic mass is 16.5. The lowest BCUT2D eigenvalue weighted by atomic mass is 9.75. The van der Waals surface area contributed by atoms with E-state index >= 15 is 0 Å². The average molecular weight is 364 g/mol. The van der Waals surface area contributed by atoms with Crippen molar-refractivity contribution in [3.8, 4) is 0 Å². The Kier molecular flexibility index (Phi) is 6.38. The van der Waals surface area contributed by atoms with E-state index in [9.17, 15) is 4.79 Å². The van der Waals surface area contributed by atoms with Gasteiger partial charge in [-0.15, -0.1) is 0 Å². The Labute approximate surface area is 161 Å². The van der Waals surface area contributed by atoms with Gasteiger partial charge in [0.2, 0.25) is 0 Å². The largest absolute Gasteiger partial charge is 0.458 e.